The van der Waals surface area contributed by atoms with E-state index in [-0.39, 0.29) is 11.3 Å². The third kappa shape index (κ3) is 5.17. The Balaban J connectivity index is 0.00000106. The molecule has 2 nitrogen and oxygen atoms in total. The van der Waals surface area contributed by atoms with Gasteiger partial charge in [0.15, 0.2) is 0 Å². The summed E-state index contributed by atoms with van der Waals surface area (Å²) < 4.78 is 0. The number of hydrogen-bond acceptors (Lipinski definition) is 1. The molecular weight excluding hydrogens is 222 g/mol. The van der Waals surface area contributed by atoms with Crippen molar-refractivity contribution in [2.75, 3.05) is 5.32 Å². The summed E-state index contributed by atoms with van der Waals surface area (Å²) in [5.41, 5.74) is 0.347. The molecule has 0 heterocycles. The minimum atomic E-state index is -0.387. The molecule has 0 aliphatic heterocycles. The molecule has 0 bridgehead atoms. The summed E-state index contributed by atoms with van der Waals surface area (Å²) in [6.45, 7) is 9.60. The van der Waals surface area contributed by atoms with Crippen LogP contribution in [0.3, 0.4) is 0 Å². The highest BCUT2D eigenvalue weighted by Crippen LogP contribution is 2.19. The highest BCUT2D eigenvalue weighted by atomic mass is 35.5. The van der Waals surface area contributed by atoms with Gasteiger partial charge in [0.2, 0.25) is 5.91 Å². The summed E-state index contributed by atoms with van der Waals surface area (Å²) in [7, 11) is 0. The van der Waals surface area contributed by atoms with Crippen molar-refractivity contribution in [2.45, 2.75) is 34.6 Å². The fourth-order valence-electron chi connectivity index (χ4n) is 0.885. The first-order valence-corrected chi connectivity index (χ1v) is 5.84. The molecule has 90 valence electrons. The van der Waals surface area contributed by atoms with E-state index in [0.29, 0.717) is 5.02 Å². The van der Waals surface area contributed by atoms with E-state index in [1.165, 1.54) is 0 Å². The Hall–Kier alpha value is -1.02. The van der Waals surface area contributed by atoms with E-state index >= 15 is 0 Å². The molecule has 0 aliphatic carbocycles. The zero-order valence-corrected chi connectivity index (χ0v) is 11.4. The molecule has 0 unspecified atom stereocenters. The van der Waals surface area contributed by atoms with Crippen molar-refractivity contribution in [3.05, 3.63) is 29.3 Å². The van der Waals surface area contributed by atoms with Crippen molar-refractivity contribution in [2.24, 2.45) is 5.41 Å². The molecule has 0 saturated heterocycles. The van der Waals surface area contributed by atoms with E-state index in [9.17, 15) is 4.79 Å². The number of halogens is 1. The first-order chi connectivity index (χ1) is 7.39. The van der Waals surface area contributed by atoms with Gasteiger partial charge < -0.3 is 5.32 Å². The maximum Gasteiger partial charge on any atom is 0.229 e. The largest absolute Gasteiger partial charge is 0.326 e. The Kier molecular flexibility index (Phi) is 6.12. The van der Waals surface area contributed by atoms with Crippen LogP contribution in [0.25, 0.3) is 0 Å². The van der Waals surface area contributed by atoms with Crippen LogP contribution in [0.1, 0.15) is 34.6 Å². The number of amides is 1. The Morgan fingerprint density at radius 2 is 1.81 bits per heavy atom. The van der Waals surface area contributed by atoms with Crippen molar-refractivity contribution in [3.63, 3.8) is 0 Å². The van der Waals surface area contributed by atoms with Crippen molar-refractivity contribution in [3.8, 4) is 0 Å². The fourth-order valence-corrected chi connectivity index (χ4v) is 1.08. The van der Waals surface area contributed by atoms with Crippen LogP contribution in [0.2, 0.25) is 5.02 Å². The van der Waals surface area contributed by atoms with Crippen molar-refractivity contribution >= 4 is 23.2 Å². The van der Waals surface area contributed by atoms with Crippen LogP contribution in [0.15, 0.2) is 24.3 Å². The van der Waals surface area contributed by atoms with Gasteiger partial charge >= 0.3 is 0 Å². The minimum Gasteiger partial charge on any atom is -0.326 e. The van der Waals surface area contributed by atoms with Gasteiger partial charge in [0.05, 0.1) is 0 Å². The van der Waals surface area contributed by atoms with E-state index in [2.05, 4.69) is 5.32 Å². The minimum absolute atomic E-state index is 0.0141. The summed E-state index contributed by atoms with van der Waals surface area (Å²) in [5, 5.41) is 3.42. The van der Waals surface area contributed by atoms with E-state index in [0.717, 1.165) is 5.69 Å². The predicted molar refractivity (Wildman–Crippen MR) is 70.9 cm³/mol. The maximum absolute atomic E-state index is 11.6. The Morgan fingerprint density at radius 1 is 1.25 bits per heavy atom. The zero-order valence-electron chi connectivity index (χ0n) is 10.6. The average molecular weight is 242 g/mol. The SMILES string of the molecule is CC.CC(C)(C)C(=O)Nc1cccc(Cl)c1. The second-order valence-electron chi connectivity index (χ2n) is 4.21. The second-order valence-corrected chi connectivity index (χ2v) is 4.65. The molecule has 0 fully saturated rings. The highest BCUT2D eigenvalue weighted by molar-refractivity contribution is 6.30. The lowest BCUT2D eigenvalue weighted by Gasteiger charge is -2.17. The van der Waals surface area contributed by atoms with Gasteiger partial charge in [0, 0.05) is 16.1 Å². The Morgan fingerprint density at radius 3 is 2.25 bits per heavy atom. The van der Waals surface area contributed by atoms with Gasteiger partial charge in [0.1, 0.15) is 0 Å². The van der Waals surface area contributed by atoms with Gasteiger partial charge in [-0.1, -0.05) is 52.3 Å². The van der Waals surface area contributed by atoms with Crippen LogP contribution in [0.5, 0.6) is 0 Å². The third-order valence-electron chi connectivity index (χ3n) is 1.76. The topological polar surface area (TPSA) is 29.1 Å². The summed E-state index contributed by atoms with van der Waals surface area (Å²) >= 11 is 5.79. The standard InChI is InChI=1S/C11H14ClNO.C2H6/c1-11(2,3)10(14)13-9-6-4-5-8(12)7-9;1-2/h4-7H,1-3H3,(H,13,14);1-2H3. The molecular formula is C13H20ClNO. The quantitative estimate of drug-likeness (QED) is 0.778. The smallest absolute Gasteiger partial charge is 0.229 e. The number of anilines is 1. The number of benzene rings is 1. The lowest BCUT2D eigenvalue weighted by atomic mass is 9.95. The van der Waals surface area contributed by atoms with E-state index in [1.54, 1.807) is 18.2 Å². The fraction of sp³-hybridized carbons (Fsp3) is 0.462. The third-order valence-corrected chi connectivity index (χ3v) is 2.00. The van der Waals surface area contributed by atoms with Crippen LogP contribution in [-0.4, -0.2) is 5.91 Å². The monoisotopic (exact) mass is 241 g/mol. The molecule has 1 aromatic carbocycles. The predicted octanol–water partition coefficient (Wildman–Crippen LogP) is 4.35. The Bertz CT molecular complexity index is 342. The summed E-state index contributed by atoms with van der Waals surface area (Å²) in [5.74, 6) is -0.0141. The zero-order chi connectivity index (χ0) is 12.8. The van der Waals surface area contributed by atoms with Gasteiger partial charge in [-0.15, -0.1) is 0 Å². The van der Waals surface area contributed by atoms with Gasteiger partial charge in [-0.05, 0) is 18.2 Å². The van der Waals surface area contributed by atoms with Gasteiger partial charge in [-0.3, -0.25) is 4.79 Å². The van der Waals surface area contributed by atoms with Crippen LogP contribution >= 0.6 is 11.6 Å². The number of nitrogens with one attached hydrogen (secondary N) is 1. The lowest BCUT2D eigenvalue weighted by molar-refractivity contribution is -0.123. The molecule has 0 aliphatic rings. The normalized spacial score (nSPS) is 10.1. The lowest BCUT2D eigenvalue weighted by Crippen LogP contribution is -2.27. The second kappa shape index (κ2) is 6.54. The molecule has 0 radical (unpaired) electrons. The van der Waals surface area contributed by atoms with Crippen molar-refractivity contribution in [1.29, 1.82) is 0 Å². The van der Waals surface area contributed by atoms with Crippen LogP contribution < -0.4 is 5.32 Å². The first-order valence-electron chi connectivity index (χ1n) is 5.46. The molecule has 0 atom stereocenters. The molecule has 1 aromatic rings. The van der Waals surface area contributed by atoms with Crippen molar-refractivity contribution < 1.29 is 4.79 Å². The molecule has 0 saturated carbocycles. The van der Waals surface area contributed by atoms with E-state index in [1.807, 2.05) is 40.7 Å². The maximum atomic E-state index is 11.6. The average Bonchev–Trinajstić information content (AvgIpc) is 2.19. The van der Waals surface area contributed by atoms with Crippen molar-refractivity contribution in [1.82, 2.24) is 0 Å². The molecule has 3 heteroatoms. The van der Waals surface area contributed by atoms with Crippen LogP contribution in [0, 0.1) is 5.41 Å². The summed E-state index contributed by atoms with van der Waals surface area (Å²) in [4.78, 5) is 11.6. The number of carbonyl (C=O) groups excluding carboxylic acids is 1. The molecule has 1 N–H and O–H groups in total. The van der Waals surface area contributed by atoms with Gasteiger partial charge in [-0.2, -0.15) is 0 Å². The molecule has 0 spiro atoms. The van der Waals surface area contributed by atoms with E-state index in [4.69, 9.17) is 11.6 Å². The van der Waals surface area contributed by atoms with Crippen LogP contribution in [-0.2, 0) is 4.79 Å². The number of hydrogen-bond donors (Lipinski definition) is 1. The highest BCUT2D eigenvalue weighted by Gasteiger charge is 2.20. The summed E-state index contributed by atoms with van der Waals surface area (Å²) in [6, 6.07) is 7.12. The molecule has 1 rings (SSSR count). The van der Waals surface area contributed by atoms with Crippen LogP contribution in [0.4, 0.5) is 5.69 Å². The molecule has 16 heavy (non-hydrogen) atoms. The number of rotatable bonds is 1. The first kappa shape index (κ1) is 15.0. The Labute approximate surface area is 103 Å². The molecule has 0 aromatic heterocycles. The summed E-state index contributed by atoms with van der Waals surface area (Å²) in [6.07, 6.45) is 0. The van der Waals surface area contributed by atoms with Gasteiger partial charge in [-0.25, -0.2) is 0 Å². The number of carbonyl (C=O) groups is 1. The van der Waals surface area contributed by atoms with Gasteiger partial charge in [0.25, 0.3) is 0 Å². The van der Waals surface area contributed by atoms with E-state index < -0.39 is 0 Å². The molecule has 1 amide bonds.